The number of pyridine rings is 2. The normalized spacial score (nSPS) is 10.3. The fourth-order valence-electron chi connectivity index (χ4n) is 2.26. The van der Waals surface area contributed by atoms with Crippen molar-refractivity contribution in [3.63, 3.8) is 0 Å². The van der Waals surface area contributed by atoms with Crippen LogP contribution in [-0.2, 0) is 6.54 Å². The molecule has 8 heteroatoms. The van der Waals surface area contributed by atoms with Crippen molar-refractivity contribution < 1.29 is 18.4 Å². The minimum absolute atomic E-state index is 0.0738. The van der Waals surface area contributed by atoms with E-state index in [1.807, 2.05) is 0 Å². The number of nitrogens with one attached hydrogen (secondary N) is 2. The van der Waals surface area contributed by atoms with E-state index in [-0.39, 0.29) is 16.9 Å². The zero-order chi connectivity index (χ0) is 19.2. The van der Waals surface area contributed by atoms with E-state index in [4.69, 9.17) is 0 Å². The van der Waals surface area contributed by atoms with Crippen molar-refractivity contribution in [2.24, 2.45) is 0 Å². The Labute approximate surface area is 153 Å². The zero-order valence-electron chi connectivity index (χ0n) is 13.9. The van der Waals surface area contributed by atoms with Crippen molar-refractivity contribution in [2.45, 2.75) is 6.54 Å². The first kappa shape index (κ1) is 18.1. The van der Waals surface area contributed by atoms with E-state index in [0.29, 0.717) is 12.6 Å². The van der Waals surface area contributed by atoms with E-state index >= 15 is 0 Å². The molecule has 2 aromatic heterocycles. The minimum Gasteiger partial charge on any atom is -0.348 e. The van der Waals surface area contributed by atoms with Gasteiger partial charge in [0.05, 0.1) is 5.69 Å². The highest BCUT2D eigenvalue weighted by molar-refractivity contribution is 6.04. The molecule has 0 bridgehead atoms. The molecule has 0 saturated carbocycles. The van der Waals surface area contributed by atoms with Gasteiger partial charge in [-0.3, -0.25) is 19.6 Å². The second-order valence-corrected chi connectivity index (χ2v) is 5.55. The lowest BCUT2D eigenvalue weighted by Crippen LogP contribution is -2.23. The Bertz CT molecular complexity index is 980. The van der Waals surface area contributed by atoms with Crippen molar-refractivity contribution in [1.29, 1.82) is 0 Å². The van der Waals surface area contributed by atoms with Crippen LogP contribution >= 0.6 is 0 Å². The average Bonchev–Trinajstić information content (AvgIpc) is 2.69. The highest BCUT2D eigenvalue weighted by Crippen LogP contribution is 2.16. The molecule has 0 aliphatic heterocycles. The summed E-state index contributed by atoms with van der Waals surface area (Å²) < 4.78 is 26.6. The highest BCUT2D eigenvalue weighted by atomic mass is 19.1. The smallest absolute Gasteiger partial charge is 0.274 e. The molecule has 0 atom stereocenters. The second-order valence-electron chi connectivity index (χ2n) is 5.55. The molecule has 0 spiro atoms. The van der Waals surface area contributed by atoms with E-state index < -0.39 is 23.4 Å². The third kappa shape index (κ3) is 4.69. The summed E-state index contributed by atoms with van der Waals surface area (Å²) in [6.45, 7) is 0.298. The molecule has 27 heavy (non-hydrogen) atoms. The molecule has 6 nitrogen and oxygen atoms in total. The predicted octanol–water partition coefficient (Wildman–Crippen LogP) is 2.94. The van der Waals surface area contributed by atoms with Gasteiger partial charge in [0, 0.05) is 36.8 Å². The van der Waals surface area contributed by atoms with Gasteiger partial charge in [-0.25, -0.2) is 8.78 Å². The first-order valence-corrected chi connectivity index (χ1v) is 7.92. The molecule has 3 rings (SSSR count). The van der Waals surface area contributed by atoms with Crippen LogP contribution in [0.1, 0.15) is 26.4 Å². The van der Waals surface area contributed by atoms with Crippen LogP contribution in [0.2, 0.25) is 0 Å². The van der Waals surface area contributed by atoms with Gasteiger partial charge in [0.1, 0.15) is 17.3 Å². The monoisotopic (exact) mass is 368 g/mol. The number of benzene rings is 1. The molecule has 0 radical (unpaired) electrons. The molecule has 2 N–H and O–H groups in total. The third-order valence-corrected chi connectivity index (χ3v) is 3.64. The van der Waals surface area contributed by atoms with Gasteiger partial charge in [-0.2, -0.15) is 0 Å². The molecule has 0 saturated heterocycles. The average molecular weight is 368 g/mol. The molecule has 0 fully saturated rings. The first-order chi connectivity index (χ1) is 13.0. The Morgan fingerprint density at radius 1 is 0.926 bits per heavy atom. The summed E-state index contributed by atoms with van der Waals surface area (Å²) in [5, 5.41) is 5.01. The molecule has 0 aliphatic carbocycles. The topological polar surface area (TPSA) is 84.0 Å². The minimum atomic E-state index is -0.908. The number of halogens is 2. The molecule has 2 amide bonds. The predicted molar refractivity (Wildman–Crippen MR) is 94.0 cm³/mol. The van der Waals surface area contributed by atoms with E-state index in [1.165, 1.54) is 18.3 Å². The number of aromatic nitrogens is 2. The molecule has 2 heterocycles. The van der Waals surface area contributed by atoms with Crippen LogP contribution in [0, 0.1) is 11.6 Å². The number of anilines is 1. The molecular formula is C19H14F2N4O2. The first-order valence-electron chi connectivity index (χ1n) is 7.92. The highest BCUT2D eigenvalue weighted by Gasteiger charge is 2.14. The number of carbonyl (C=O) groups is 2. The van der Waals surface area contributed by atoms with Crippen molar-refractivity contribution in [3.8, 4) is 0 Å². The number of rotatable bonds is 5. The van der Waals surface area contributed by atoms with Gasteiger partial charge in [0.25, 0.3) is 11.8 Å². The lowest BCUT2D eigenvalue weighted by Gasteiger charge is -2.08. The molecule has 1 aromatic carbocycles. The van der Waals surface area contributed by atoms with E-state index in [9.17, 15) is 18.4 Å². The maximum absolute atomic E-state index is 13.7. The summed E-state index contributed by atoms with van der Waals surface area (Å²) in [5.74, 6) is -2.77. The Kier molecular flexibility index (Phi) is 5.46. The van der Waals surface area contributed by atoms with Gasteiger partial charge in [0.2, 0.25) is 0 Å². The second kappa shape index (κ2) is 8.13. The van der Waals surface area contributed by atoms with Crippen LogP contribution in [0.15, 0.2) is 61.1 Å². The van der Waals surface area contributed by atoms with Crippen LogP contribution in [0.4, 0.5) is 14.5 Å². The van der Waals surface area contributed by atoms with Gasteiger partial charge < -0.3 is 10.6 Å². The van der Waals surface area contributed by atoms with Crippen LogP contribution < -0.4 is 10.6 Å². The van der Waals surface area contributed by atoms with Crippen LogP contribution in [-0.4, -0.2) is 21.8 Å². The maximum Gasteiger partial charge on any atom is 0.274 e. The molecular weight excluding hydrogens is 354 g/mol. The fraction of sp³-hybridized carbons (Fsp3) is 0.0526. The van der Waals surface area contributed by atoms with Crippen LogP contribution in [0.3, 0.4) is 0 Å². The Morgan fingerprint density at radius 3 is 2.44 bits per heavy atom. The lowest BCUT2D eigenvalue weighted by atomic mass is 10.2. The van der Waals surface area contributed by atoms with Gasteiger partial charge >= 0.3 is 0 Å². The van der Waals surface area contributed by atoms with Gasteiger partial charge in [-0.15, -0.1) is 0 Å². The number of carbonyl (C=O) groups excluding carboxylic acids is 2. The van der Waals surface area contributed by atoms with Crippen molar-refractivity contribution >= 4 is 17.5 Å². The number of hydrogen-bond donors (Lipinski definition) is 2. The largest absolute Gasteiger partial charge is 0.348 e. The van der Waals surface area contributed by atoms with Gasteiger partial charge in [0.15, 0.2) is 0 Å². The number of nitrogens with zero attached hydrogens (tertiary/aromatic N) is 2. The fourth-order valence-corrected chi connectivity index (χ4v) is 2.26. The zero-order valence-corrected chi connectivity index (χ0v) is 13.9. The molecule has 136 valence electrons. The van der Waals surface area contributed by atoms with E-state index in [2.05, 4.69) is 20.6 Å². The van der Waals surface area contributed by atoms with Crippen LogP contribution in [0.25, 0.3) is 0 Å². The Hall–Kier alpha value is -3.68. The van der Waals surface area contributed by atoms with Crippen molar-refractivity contribution in [2.75, 3.05) is 5.32 Å². The summed E-state index contributed by atoms with van der Waals surface area (Å²) in [6.07, 6.45) is 4.53. The molecule has 0 unspecified atom stereocenters. The molecule has 0 aliphatic rings. The van der Waals surface area contributed by atoms with Crippen molar-refractivity contribution in [1.82, 2.24) is 15.3 Å². The number of hydrogen-bond acceptors (Lipinski definition) is 4. The van der Waals surface area contributed by atoms with Gasteiger partial charge in [-0.05, 0) is 42.0 Å². The maximum atomic E-state index is 13.7. The Balaban J connectivity index is 1.68. The quantitative estimate of drug-likeness (QED) is 0.725. The summed E-state index contributed by atoms with van der Waals surface area (Å²) in [7, 11) is 0. The van der Waals surface area contributed by atoms with E-state index in [0.717, 1.165) is 17.7 Å². The van der Waals surface area contributed by atoms with Crippen LogP contribution in [0.5, 0.6) is 0 Å². The Morgan fingerprint density at radius 2 is 1.70 bits per heavy atom. The molecule has 3 aromatic rings. The summed E-state index contributed by atoms with van der Waals surface area (Å²) in [6, 6.07) is 9.07. The van der Waals surface area contributed by atoms with E-state index in [1.54, 1.807) is 24.5 Å². The summed E-state index contributed by atoms with van der Waals surface area (Å²) >= 11 is 0. The number of amides is 2. The third-order valence-electron chi connectivity index (χ3n) is 3.64. The van der Waals surface area contributed by atoms with Crippen molar-refractivity contribution in [3.05, 3.63) is 89.5 Å². The summed E-state index contributed by atoms with van der Waals surface area (Å²) in [5.41, 5.74) is 0.840. The summed E-state index contributed by atoms with van der Waals surface area (Å²) in [4.78, 5) is 32.3. The standard InChI is InChI=1S/C19H14F2N4O2/c20-14-1-2-16(15(21)10-14)25-19(27)17-9-13(5-8-23-17)18(26)24-11-12-3-6-22-7-4-12/h1-10H,11H2,(H,24,26)(H,25,27). The lowest BCUT2D eigenvalue weighted by molar-refractivity contribution is 0.0950. The van der Waals surface area contributed by atoms with Gasteiger partial charge in [-0.1, -0.05) is 0 Å². The SMILES string of the molecule is O=C(NCc1ccncc1)c1ccnc(C(=O)Nc2ccc(F)cc2F)c1.